The predicted octanol–water partition coefficient (Wildman–Crippen LogP) is 5.09. The molecule has 25 heavy (non-hydrogen) atoms. The van der Waals surface area contributed by atoms with Crippen molar-refractivity contribution in [3.05, 3.63) is 65.2 Å². The minimum atomic E-state index is -0.273. The monoisotopic (exact) mass is 357 g/mol. The Morgan fingerprint density at radius 2 is 1.80 bits per heavy atom. The van der Waals surface area contributed by atoms with E-state index < -0.39 is 0 Å². The van der Waals surface area contributed by atoms with Gasteiger partial charge in [-0.1, -0.05) is 43.5 Å². The molecule has 0 spiro atoms. The highest BCUT2D eigenvalue weighted by molar-refractivity contribution is 6.22. The fraction of sp³-hybridized carbons (Fsp3) is 0.381. The Morgan fingerprint density at radius 3 is 2.48 bits per heavy atom. The lowest BCUT2D eigenvalue weighted by Gasteiger charge is -2.22. The van der Waals surface area contributed by atoms with Crippen molar-refractivity contribution in [2.24, 2.45) is 0 Å². The van der Waals surface area contributed by atoms with Crippen LogP contribution in [0.4, 0.5) is 0 Å². The normalized spacial score (nSPS) is 16.2. The summed E-state index contributed by atoms with van der Waals surface area (Å²) >= 11 is 6.59. The summed E-state index contributed by atoms with van der Waals surface area (Å²) in [5.41, 5.74) is 2.62. The van der Waals surface area contributed by atoms with Gasteiger partial charge < -0.3 is 10.1 Å². The first-order valence-electron chi connectivity index (χ1n) is 8.86. The van der Waals surface area contributed by atoms with E-state index >= 15 is 0 Å². The van der Waals surface area contributed by atoms with Crippen LogP contribution in [-0.4, -0.2) is 19.1 Å². The molecule has 1 aliphatic carbocycles. The van der Waals surface area contributed by atoms with Crippen molar-refractivity contribution < 1.29 is 9.53 Å². The second-order valence-electron chi connectivity index (χ2n) is 6.57. The van der Waals surface area contributed by atoms with Crippen molar-refractivity contribution in [1.82, 2.24) is 5.32 Å². The van der Waals surface area contributed by atoms with Crippen molar-refractivity contribution >= 4 is 17.5 Å². The summed E-state index contributed by atoms with van der Waals surface area (Å²) in [5, 5.41) is 2.87. The van der Waals surface area contributed by atoms with Gasteiger partial charge in [-0.05, 0) is 48.2 Å². The minimum absolute atomic E-state index is 0.00551. The summed E-state index contributed by atoms with van der Waals surface area (Å²) in [7, 11) is 1.64. The van der Waals surface area contributed by atoms with Crippen LogP contribution < -0.4 is 10.1 Å². The van der Waals surface area contributed by atoms with Crippen molar-refractivity contribution in [3.63, 3.8) is 0 Å². The Kier molecular flexibility index (Phi) is 5.98. The third-order valence-corrected chi connectivity index (χ3v) is 5.30. The number of benzene rings is 2. The van der Waals surface area contributed by atoms with E-state index in [1.807, 2.05) is 48.5 Å². The fourth-order valence-corrected chi connectivity index (χ4v) is 3.59. The van der Waals surface area contributed by atoms with E-state index in [4.69, 9.17) is 16.3 Å². The van der Waals surface area contributed by atoms with Crippen molar-refractivity contribution in [1.29, 1.82) is 0 Å². The Bertz CT molecular complexity index is 708. The first-order valence-corrected chi connectivity index (χ1v) is 9.30. The first-order chi connectivity index (χ1) is 12.2. The van der Waals surface area contributed by atoms with Crippen molar-refractivity contribution in [3.8, 4) is 5.75 Å². The van der Waals surface area contributed by atoms with Crippen LogP contribution in [0.3, 0.4) is 0 Å². The SMILES string of the molecule is COc1cccc(C(Cl)c2ccc(C(=O)NC3CCCCC3)cc2)c1. The number of carbonyl (C=O) groups is 1. The molecule has 2 aromatic rings. The van der Waals surface area contributed by atoms with Gasteiger partial charge in [0.25, 0.3) is 5.91 Å². The molecule has 1 unspecified atom stereocenters. The predicted molar refractivity (Wildman–Crippen MR) is 101 cm³/mol. The number of rotatable bonds is 5. The van der Waals surface area contributed by atoms with Crippen molar-refractivity contribution in [2.45, 2.75) is 43.5 Å². The molecule has 0 bridgehead atoms. The molecule has 0 heterocycles. The van der Waals surface area contributed by atoms with Crippen LogP contribution >= 0.6 is 11.6 Å². The van der Waals surface area contributed by atoms with E-state index in [2.05, 4.69) is 5.32 Å². The second kappa shape index (κ2) is 8.39. The number of hydrogen-bond acceptors (Lipinski definition) is 2. The van der Waals surface area contributed by atoms with Crippen LogP contribution in [0.1, 0.15) is 59.0 Å². The zero-order valence-electron chi connectivity index (χ0n) is 14.5. The zero-order chi connectivity index (χ0) is 17.6. The maximum absolute atomic E-state index is 12.4. The van der Waals surface area contributed by atoms with E-state index in [0.29, 0.717) is 11.6 Å². The molecule has 1 atom stereocenters. The van der Waals surface area contributed by atoms with E-state index in [-0.39, 0.29) is 11.3 Å². The van der Waals surface area contributed by atoms with Gasteiger partial charge in [-0.15, -0.1) is 11.6 Å². The van der Waals surface area contributed by atoms with Gasteiger partial charge in [-0.3, -0.25) is 4.79 Å². The molecule has 3 rings (SSSR count). The van der Waals surface area contributed by atoms with Crippen molar-refractivity contribution in [2.75, 3.05) is 7.11 Å². The number of ether oxygens (including phenoxy) is 1. The van der Waals surface area contributed by atoms with E-state index in [9.17, 15) is 4.79 Å². The molecular weight excluding hydrogens is 334 g/mol. The topological polar surface area (TPSA) is 38.3 Å². The van der Waals surface area contributed by atoms with Crippen LogP contribution in [0.25, 0.3) is 0 Å². The van der Waals surface area contributed by atoms with Gasteiger partial charge in [0.15, 0.2) is 0 Å². The molecule has 1 aliphatic rings. The summed E-state index contributed by atoms with van der Waals surface area (Å²) in [5.74, 6) is 0.789. The van der Waals surface area contributed by atoms with Crippen LogP contribution in [0.5, 0.6) is 5.75 Å². The number of hydrogen-bond donors (Lipinski definition) is 1. The average molecular weight is 358 g/mol. The summed E-state index contributed by atoms with van der Waals surface area (Å²) < 4.78 is 5.25. The van der Waals surface area contributed by atoms with Gasteiger partial charge in [0.05, 0.1) is 12.5 Å². The smallest absolute Gasteiger partial charge is 0.251 e. The summed E-state index contributed by atoms with van der Waals surface area (Å²) in [4.78, 5) is 12.4. The van der Waals surface area contributed by atoms with Crippen LogP contribution in [0.2, 0.25) is 0 Å². The lowest BCUT2D eigenvalue weighted by atomic mass is 9.95. The van der Waals surface area contributed by atoms with E-state index in [1.165, 1.54) is 19.3 Å². The Balaban J connectivity index is 1.67. The molecule has 2 aromatic carbocycles. The van der Waals surface area contributed by atoms with Gasteiger partial charge in [-0.2, -0.15) is 0 Å². The minimum Gasteiger partial charge on any atom is -0.497 e. The third kappa shape index (κ3) is 4.55. The van der Waals surface area contributed by atoms with Crippen LogP contribution in [0.15, 0.2) is 48.5 Å². The molecule has 0 aliphatic heterocycles. The molecule has 132 valence electrons. The molecule has 1 N–H and O–H groups in total. The van der Waals surface area contributed by atoms with Gasteiger partial charge in [0.1, 0.15) is 5.75 Å². The van der Waals surface area contributed by atoms with Crippen LogP contribution in [0, 0.1) is 0 Å². The van der Waals surface area contributed by atoms with Gasteiger partial charge in [-0.25, -0.2) is 0 Å². The molecule has 3 nitrogen and oxygen atoms in total. The van der Waals surface area contributed by atoms with E-state index in [1.54, 1.807) is 7.11 Å². The molecular formula is C21H24ClNO2. The summed E-state index contributed by atoms with van der Waals surface area (Å²) in [6.07, 6.45) is 5.87. The summed E-state index contributed by atoms with van der Waals surface area (Å²) in [6, 6.07) is 15.6. The molecule has 4 heteroatoms. The van der Waals surface area contributed by atoms with E-state index in [0.717, 1.165) is 29.7 Å². The fourth-order valence-electron chi connectivity index (χ4n) is 3.31. The maximum Gasteiger partial charge on any atom is 0.251 e. The molecule has 1 amide bonds. The average Bonchev–Trinajstić information content (AvgIpc) is 2.68. The highest BCUT2D eigenvalue weighted by Gasteiger charge is 2.17. The number of carbonyl (C=O) groups excluding carboxylic acids is 1. The lowest BCUT2D eigenvalue weighted by Crippen LogP contribution is -2.36. The maximum atomic E-state index is 12.4. The third-order valence-electron chi connectivity index (χ3n) is 4.79. The zero-order valence-corrected chi connectivity index (χ0v) is 15.3. The lowest BCUT2D eigenvalue weighted by molar-refractivity contribution is 0.0927. The highest BCUT2D eigenvalue weighted by Crippen LogP contribution is 2.31. The largest absolute Gasteiger partial charge is 0.497 e. The highest BCUT2D eigenvalue weighted by atomic mass is 35.5. The molecule has 0 saturated heterocycles. The second-order valence-corrected chi connectivity index (χ2v) is 7.01. The Hall–Kier alpha value is -2.00. The molecule has 1 saturated carbocycles. The molecule has 1 fully saturated rings. The Labute approximate surface area is 154 Å². The van der Waals surface area contributed by atoms with Gasteiger partial charge >= 0.3 is 0 Å². The number of alkyl halides is 1. The standard InChI is InChI=1S/C21H24ClNO2/c1-25-19-9-5-6-17(14-19)20(22)15-10-12-16(13-11-15)21(24)23-18-7-3-2-4-8-18/h5-6,9-14,18,20H,2-4,7-8H2,1H3,(H,23,24). The number of nitrogens with one attached hydrogen (secondary N) is 1. The quantitative estimate of drug-likeness (QED) is 0.757. The van der Waals surface area contributed by atoms with Crippen LogP contribution in [-0.2, 0) is 0 Å². The summed E-state index contributed by atoms with van der Waals surface area (Å²) in [6.45, 7) is 0. The molecule has 0 radical (unpaired) electrons. The number of amides is 1. The number of halogens is 1. The molecule has 0 aromatic heterocycles. The number of methoxy groups -OCH3 is 1. The Morgan fingerprint density at radius 1 is 1.08 bits per heavy atom. The van der Waals surface area contributed by atoms with Gasteiger partial charge in [0.2, 0.25) is 0 Å². The van der Waals surface area contributed by atoms with Gasteiger partial charge in [0, 0.05) is 11.6 Å². The first kappa shape index (κ1) is 17.8.